The molecule has 0 bridgehead atoms. The molecule has 9 aromatic carbocycles. The number of benzene rings is 9. The highest BCUT2D eigenvalue weighted by atomic mass is 14.2. The molecule has 0 amide bonds. The van der Waals surface area contributed by atoms with Gasteiger partial charge < -0.3 is 0 Å². The van der Waals surface area contributed by atoms with E-state index in [1.54, 1.807) is 0 Å². The highest BCUT2D eigenvalue weighted by Gasteiger charge is 2.18. The Labute approximate surface area is 281 Å². The van der Waals surface area contributed by atoms with E-state index in [1.807, 2.05) is 0 Å². The van der Waals surface area contributed by atoms with Gasteiger partial charge in [-0.2, -0.15) is 0 Å². The number of hydrogen-bond acceptors (Lipinski definition) is 0. The molecule has 0 aliphatic carbocycles. The smallest absolute Gasteiger partial charge is 0.00261 e. The topological polar surface area (TPSA) is 0 Å². The van der Waals surface area contributed by atoms with Crippen molar-refractivity contribution >= 4 is 32.3 Å². The second-order valence-corrected chi connectivity index (χ2v) is 12.5. The van der Waals surface area contributed by atoms with E-state index in [0.29, 0.717) is 0 Å². The molecule has 0 unspecified atom stereocenters. The van der Waals surface area contributed by atoms with Crippen LogP contribution >= 0.6 is 0 Å². The summed E-state index contributed by atoms with van der Waals surface area (Å²) in [6, 6.07) is 70.8. The van der Waals surface area contributed by atoms with Gasteiger partial charge in [-0.3, -0.25) is 0 Å². The summed E-state index contributed by atoms with van der Waals surface area (Å²) in [4.78, 5) is 0. The van der Waals surface area contributed by atoms with Crippen molar-refractivity contribution < 1.29 is 0 Å². The van der Waals surface area contributed by atoms with Crippen LogP contribution in [0, 0.1) is 0 Å². The molecule has 0 aliphatic heterocycles. The Bertz CT molecular complexity index is 2540. The maximum atomic E-state index is 2.41. The summed E-state index contributed by atoms with van der Waals surface area (Å²) in [6.45, 7) is 0. The van der Waals surface area contributed by atoms with Crippen molar-refractivity contribution in [3.05, 3.63) is 194 Å². The van der Waals surface area contributed by atoms with Crippen LogP contribution in [-0.2, 0) is 0 Å². The molecule has 9 rings (SSSR count). The quantitative estimate of drug-likeness (QED) is 0.171. The zero-order chi connectivity index (χ0) is 31.9. The lowest BCUT2D eigenvalue weighted by atomic mass is 9.84. The fourth-order valence-electron chi connectivity index (χ4n) is 7.40. The van der Waals surface area contributed by atoms with E-state index >= 15 is 0 Å². The minimum absolute atomic E-state index is 1.20. The van der Waals surface area contributed by atoms with Gasteiger partial charge in [-0.1, -0.05) is 176 Å². The van der Waals surface area contributed by atoms with Gasteiger partial charge in [0.25, 0.3) is 0 Å². The van der Waals surface area contributed by atoms with E-state index in [-0.39, 0.29) is 0 Å². The fourth-order valence-corrected chi connectivity index (χ4v) is 7.40. The molecular formula is C48H32. The lowest BCUT2D eigenvalue weighted by molar-refractivity contribution is 1.57. The van der Waals surface area contributed by atoms with Crippen LogP contribution in [0.15, 0.2) is 194 Å². The molecule has 0 saturated heterocycles. The Morgan fingerprint density at radius 3 is 1.35 bits per heavy atom. The summed E-state index contributed by atoms with van der Waals surface area (Å²) in [6.07, 6.45) is 0. The first kappa shape index (κ1) is 28.0. The zero-order valence-electron chi connectivity index (χ0n) is 26.5. The lowest BCUT2D eigenvalue weighted by Gasteiger charge is -2.19. The first-order valence-electron chi connectivity index (χ1n) is 16.6. The monoisotopic (exact) mass is 608 g/mol. The molecule has 0 nitrogen and oxygen atoms in total. The molecule has 0 heterocycles. The van der Waals surface area contributed by atoms with Crippen LogP contribution in [0.25, 0.3) is 88.0 Å². The van der Waals surface area contributed by atoms with Crippen molar-refractivity contribution in [1.29, 1.82) is 0 Å². The van der Waals surface area contributed by atoms with Crippen LogP contribution in [0.1, 0.15) is 0 Å². The average molecular weight is 609 g/mol. The fraction of sp³-hybridized carbons (Fsp3) is 0. The van der Waals surface area contributed by atoms with Crippen LogP contribution in [0.5, 0.6) is 0 Å². The lowest BCUT2D eigenvalue weighted by Crippen LogP contribution is -1.92. The van der Waals surface area contributed by atoms with Crippen molar-refractivity contribution in [2.24, 2.45) is 0 Å². The van der Waals surface area contributed by atoms with Gasteiger partial charge in [0.15, 0.2) is 0 Å². The standard InChI is InChI=1S/C48H32/c1-3-15-34(16-4-1)41-29-28-40(32-46(41)39-21-13-20-37(31-39)38-27-26-33-14-7-8-19-36(33)30-38)48-44-24-11-9-22-42(44)47(35-17-5-2-6-18-35)43-23-10-12-25-45(43)48/h1-32H. The first-order chi connectivity index (χ1) is 23.8. The molecular weight excluding hydrogens is 577 g/mol. The van der Waals surface area contributed by atoms with E-state index < -0.39 is 0 Å². The maximum Gasteiger partial charge on any atom is -0.00261 e. The van der Waals surface area contributed by atoms with Crippen LogP contribution in [0.3, 0.4) is 0 Å². The van der Waals surface area contributed by atoms with Crippen molar-refractivity contribution in [2.45, 2.75) is 0 Å². The van der Waals surface area contributed by atoms with Gasteiger partial charge in [-0.15, -0.1) is 0 Å². The van der Waals surface area contributed by atoms with Crippen LogP contribution in [-0.4, -0.2) is 0 Å². The van der Waals surface area contributed by atoms with E-state index in [2.05, 4.69) is 194 Å². The van der Waals surface area contributed by atoms with E-state index in [9.17, 15) is 0 Å². The van der Waals surface area contributed by atoms with Gasteiger partial charge in [0, 0.05) is 0 Å². The van der Waals surface area contributed by atoms with E-state index in [0.717, 1.165) is 0 Å². The normalized spacial score (nSPS) is 11.3. The third-order valence-corrected chi connectivity index (χ3v) is 9.64. The second-order valence-electron chi connectivity index (χ2n) is 12.5. The molecule has 0 heteroatoms. The van der Waals surface area contributed by atoms with Crippen LogP contribution in [0.2, 0.25) is 0 Å². The molecule has 0 radical (unpaired) electrons. The Balaban J connectivity index is 1.29. The summed E-state index contributed by atoms with van der Waals surface area (Å²) < 4.78 is 0. The summed E-state index contributed by atoms with van der Waals surface area (Å²) in [7, 11) is 0. The SMILES string of the molecule is c1ccc(-c2ccc(-c3c4ccccc4c(-c4ccccc4)c4ccccc34)cc2-c2cccc(-c3ccc4ccccc4c3)c2)cc1. The predicted octanol–water partition coefficient (Wildman–Crippen LogP) is 13.5. The maximum absolute atomic E-state index is 2.41. The van der Waals surface area contributed by atoms with Crippen molar-refractivity contribution in [2.75, 3.05) is 0 Å². The molecule has 0 aromatic heterocycles. The van der Waals surface area contributed by atoms with Crippen molar-refractivity contribution in [3.8, 4) is 55.6 Å². The summed E-state index contributed by atoms with van der Waals surface area (Å²) in [5, 5.41) is 7.57. The van der Waals surface area contributed by atoms with Gasteiger partial charge in [-0.25, -0.2) is 0 Å². The highest BCUT2D eigenvalue weighted by Crippen LogP contribution is 2.45. The number of hydrogen-bond donors (Lipinski definition) is 0. The van der Waals surface area contributed by atoms with Gasteiger partial charge in [0.2, 0.25) is 0 Å². The van der Waals surface area contributed by atoms with Crippen LogP contribution < -0.4 is 0 Å². The molecule has 0 atom stereocenters. The molecule has 0 fully saturated rings. The molecule has 0 saturated carbocycles. The summed E-state index contributed by atoms with van der Waals surface area (Å²) in [5.41, 5.74) is 12.3. The summed E-state index contributed by atoms with van der Waals surface area (Å²) >= 11 is 0. The average Bonchev–Trinajstić information content (AvgIpc) is 3.17. The van der Waals surface area contributed by atoms with Crippen molar-refractivity contribution in [1.82, 2.24) is 0 Å². The Morgan fingerprint density at radius 2 is 0.688 bits per heavy atom. The Kier molecular flexibility index (Phi) is 6.91. The first-order valence-corrected chi connectivity index (χ1v) is 16.6. The number of rotatable bonds is 5. The third-order valence-electron chi connectivity index (χ3n) is 9.64. The minimum Gasteiger partial charge on any atom is -0.0622 e. The summed E-state index contributed by atoms with van der Waals surface area (Å²) in [5.74, 6) is 0. The predicted molar refractivity (Wildman–Crippen MR) is 206 cm³/mol. The Hall–Kier alpha value is -6.24. The minimum atomic E-state index is 1.20. The van der Waals surface area contributed by atoms with E-state index in [4.69, 9.17) is 0 Å². The largest absolute Gasteiger partial charge is 0.0622 e. The Morgan fingerprint density at radius 1 is 0.208 bits per heavy atom. The van der Waals surface area contributed by atoms with Gasteiger partial charge in [0.05, 0.1) is 0 Å². The van der Waals surface area contributed by atoms with Gasteiger partial charge in [-0.05, 0) is 106 Å². The molecule has 0 N–H and O–H groups in total. The molecule has 224 valence electrons. The van der Waals surface area contributed by atoms with Crippen LogP contribution in [0.4, 0.5) is 0 Å². The van der Waals surface area contributed by atoms with E-state index in [1.165, 1.54) is 88.0 Å². The highest BCUT2D eigenvalue weighted by molar-refractivity contribution is 6.21. The number of fused-ring (bicyclic) bond motifs is 3. The molecule has 0 aliphatic rings. The van der Waals surface area contributed by atoms with Crippen molar-refractivity contribution in [3.63, 3.8) is 0 Å². The molecule has 48 heavy (non-hydrogen) atoms. The van der Waals surface area contributed by atoms with Gasteiger partial charge in [0.1, 0.15) is 0 Å². The molecule has 9 aromatic rings. The van der Waals surface area contributed by atoms with Gasteiger partial charge >= 0.3 is 0 Å². The second kappa shape index (κ2) is 11.8. The molecule has 0 spiro atoms. The third kappa shape index (κ3) is 4.87. The zero-order valence-corrected chi connectivity index (χ0v) is 26.5.